The van der Waals surface area contributed by atoms with Crippen molar-refractivity contribution in [3.63, 3.8) is 0 Å². The second-order valence-electron chi connectivity index (χ2n) is 5.84. The zero-order valence-corrected chi connectivity index (χ0v) is 15.3. The average molecular weight is 383 g/mol. The molecule has 2 heterocycles. The molecule has 1 amide bonds. The molecule has 2 aromatic carbocycles. The van der Waals surface area contributed by atoms with Crippen LogP contribution in [0, 0.1) is 0 Å². The number of nitrogen functional groups attached to an aromatic ring is 1. The minimum atomic E-state index is -0.226. The van der Waals surface area contributed by atoms with E-state index in [1.807, 2.05) is 41.8 Å². The van der Waals surface area contributed by atoms with Crippen molar-refractivity contribution in [1.82, 2.24) is 0 Å². The molecule has 6 heteroatoms. The maximum absolute atomic E-state index is 13.1. The number of ether oxygens (including phenoxy) is 1. The molecule has 0 radical (unpaired) electrons. The normalized spacial score (nSPS) is 15.0. The van der Waals surface area contributed by atoms with Crippen molar-refractivity contribution in [2.75, 3.05) is 10.6 Å². The number of hydrogen-bond acceptors (Lipinski definition) is 4. The van der Waals surface area contributed by atoms with E-state index in [2.05, 4.69) is 0 Å². The number of halogens is 1. The second kappa shape index (κ2) is 6.86. The van der Waals surface area contributed by atoms with E-state index in [9.17, 15) is 4.79 Å². The molecule has 0 saturated heterocycles. The Labute approximate surface area is 160 Å². The Morgan fingerprint density at radius 1 is 1.15 bits per heavy atom. The minimum absolute atomic E-state index is 0.226. The Balaban J connectivity index is 1.78. The van der Waals surface area contributed by atoms with Gasteiger partial charge in [-0.1, -0.05) is 35.9 Å². The average Bonchev–Trinajstić information content (AvgIpc) is 3.14. The van der Waals surface area contributed by atoms with Crippen LogP contribution in [0.1, 0.15) is 10.4 Å². The number of amides is 1. The van der Waals surface area contributed by atoms with E-state index >= 15 is 0 Å². The van der Waals surface area contributed by atoms with Crippen molar-refractivity contribution in [2.45, 2.75) is 6.54 Å². The molecule has 1 aliphatic heterocycles. The first kappa shape index (κ1) is 16.7. The summed E-state index contributed by atoms with van der Waals surface area (Å²) in [5.41, 5.74) is 7.98. The quantitative estimate of drug-likeness (QED) is 0.515. The molecule has 0 aliphatic carbocycles. The molecule has 26 heavy (non-hydrogen) atoms. The fraction of sp³-hybridized carbons (Fsp3) is 0.0500. The maximum atomic E-state index is 13.1. The van der Waals surface area contributed by atoms with Crippen LogP contribution in [0.2, 0.25) is 5.02 Å². The lowest BCUT2D eigenvalue weighted by Gasteiger charge is -2.31. The third-order valence-electron chi connectivity index (χ3n) is 4.05. The fourth-order valence-electron chi connectivity index (χ4n) is 2.78. The fourth-order valence-corrected chi connectivity index (χ4v) is 3.63. The number of rotatable bonds is 3. The molecule has 4 nitrogen and oxygen atoms in total. The highest BCUT2D eigenvalue weighted by Gasteiger charge is 2.31. The highest BCUT2D eigenvalue weighted by Crippen LogP contribution is 2.38. The third kappa shape index (κ3) is 3.19. The molecule has 0 bridgehead atoms. The summed E-state index contributed by atoms with van der Waals surface area (Å²) in [6.45, 7) is 0.333. The van der Waals surface area contributed by atoms with Crippen molar-refractivity contribution < 1.29 is 9.53 Å². The molecule has 1 aromatic heterocycles. The van der Waals surface area contributed by atoms with E-state index in [1.165, 1.54) is 0 Å². The first-order valence-corrected chi connectivity index (χ1v) is 9.25. The molecule has 130 valence electrons. The van der Waals surface area contributed by atoms with Gasteiger partial charge in [-0.05, 0) is 41.3 Å². The molecule has 0 saturated carbocycles. The first-order chi connectivity index (χ1) is 12.6. The summed E-state index contributed by atoms with van der Waals surface area (Å²) in [5.74, 6) is 0.641. The topological polar surface area (TPSA) is 55.6 Å². The number of carbonyl (C=O) groups is 1. The Kier molecular flexibility index (Phi) is 4.41. The molecular weight excluding hydrogens is 368 g/mol. The lowest BCUT2D eigenvalue weighted by atomic mass is 10.1. The van der Waals surface area contributed by atoms with Gasteiger partial charge >= 0.3 is 0 Å². The first-order valence-electron chi connectivity index (χ1n) is 7.99. The summed E-state index contributed by atoms with van der Waals surface area (Å²) in [6.07, 6.45) is 1.76. The molecule has 2 N–H and O–H groups in total. The van der Waals surface area contributed by atoms with Crippen LogP contribution in [-0.2, 0) is 11.3 Å². The molecule has 0 fully saturated rings. The number of thiophene rings is 1. The number of nitrogens with two attached hydrogens (primary N) is 1. The van der Waals surface area contributed by atoms with Crippen molar-refractivity contribution in [2.24, 2.45) is 0 Å². The molecule has 0 unspecified atom stereocenters. The van der Waals surface area contributed by atoms with Crippen LogP contribution in [0.15, 0.2) is 65.7 Å². The van der Waals surface area contributed by atoms with E-state index in [-0.39, 0.29) is 11.7 Å². The molecule has 0 spiro atoms. The summed E-state index contributed by atoms with van der Waals surface area (Å²) >= 11 is 7.84. The van der Waals surface area contributed by atoms with Crippen LogP contribution in [0.5, 0.6) is 5.75 Å². The van der Waals surface area contributed by atoms with Gasteiger partial charge in [-0.25, -0.2) is 0 Å². The van der Waals surface area contributed by atoms with Gasteiger partial charge in [-0.2, -0.15) is 0 Å². The number of hydrogen-bond donors (Lipinski definition) is 1. The monoisotopic (exact) mass is 382 g/mol. The Morgan fingerprint density at radius 2 is 2.00 bits per heavy atom. The number of fused-ring (bicyclic) bond motifs is 1. The minimum Gasteiger partial charge on any atom is -0.449 e. The van der Waals surface area contributed by atoms with Gasteiger partial charge in [0.25, 0.3) is 5.91 Å². The molecule has 4 rings (SSSR count). The van der Waals surface area contributed by atoms with Gasteiger partial charge in [0.2, 0.25) is 0 Å². The summed E-state index contributed by atoms with van der Waals surface area (Å²) in [5, 5.41) is 2.57. The van der Waals surface area contributed by atoms with Crippen LogP contribution in [0.3, 0.4) is 0 Å². The molecule has 0 atom stereocenters. The van der Waals surface area contributed by atoms with E-state index in [0.717, 1.165) is 10.4 Å². The predicted octanol–water partition coefficient (Wildman–Crippen LogP) is 4.95. The van der Waals surface area contributed by atoms with Crippen LogP contribution in [0.25, 0.3) is 6.08 Å². The van der Waals surface area contributed by atoms with Gasteiger partial charge in [0, 0.05) is 21.7 Å². The van der Waals surface area contributed by atoms with Gasteiger partial charge in [0.15, 0.2) is 11.5 Å². The lowest BCUT2D eigenvalue weighted by molar-refractivity contribution is -0.117. The predicted molar refractivity (Wildman–Crippen MR) is 106 cm³/mol. The van der Waals surface area contributed by atoms with E-state index in [4.69, 9.17) is 22.1 Å². The summed E-state index contributed by atoms with van der Waals surface area (Å²) in [7, 11) is 0. The second-order valence-corrected chi connectivity index (χ2v) is 7.22. The van der Waals surface area contributed by atoms with Gasteiger partial charge in [0.05, 0.1) is 12.2 Å². The van der Waals surface area contributed by atoms with Crippen molar-refractivity contribution >= 4 is 46.3 Å². The van der Waals surface area contributed by atoms with Gasteiger partial charge in [-0.15, -0.1) is 11.3 Å². The highest BCUT2D eigenvalue weighted by atomic mass is 35.5. The van der Waals surface area contributed by atoms with Crippen LogP contribution >= 0.6 is 22.9 Å². The Morgan fingerprint density at radius 3 is 2.77 bits per heavy atom. The van der Waals surface area contributed by atoms with Crippen LogP contribution in [0.4, 0.5) is 11.4 Å². The van der Waals surface area contributed by atoms with Crippen molar-refractivity contribution in [1.29, 1.82) is 0 Å². The summed E-state index contributed by atoms with van der Waals surface area (Å²) in [6, 6.07) is 16.6. The molecule has 1 aliphatic rings. The van der Waals surface area contributed by atoms with E-state index < -0.39 is 0 Å². The van der Waals surface area contributed by atoms with E-state index in [1.54, 1.807) is 40.5 Å². The van der Waals surface area contributed by atoms with Crippen LogP contribution < -0.4 is 15.4 Å². The SMILES string of the molecule is Nc1ccc2c(c1)N(Cc1ccccc1Cl)C(=O)/C(=C\c1cccs1)O2. The summed E-state index contributed by atoms with van der Waals surface area (Å²) < 4.78 is 5.86. The number of carbonyl (C=O) groups excluding carboxylic acids is 1. The number of nitrogens with zero attached hydrogens (tertiary/aromatic N) is 1. The smallest absolute Gasteiger partial charge is 0.294 e. The van der Waals surface area contributed by atoms with Gasteiger partial charge in [-0.3, -0.25) is 9.69 Å². The van der Waals surface area contributed by atoms with E-state index in [0.29, 0.717) is 28.7 Å². The summed E-state index contributed by atoms with van der Waals surface area (Å²) in [4.78, 5) is 15.7. The molecular formula is C20H15ClN2O2S. The highest BCUT2D eigenvalue weighted by molar-refractivity contribution is 7.10. The zero-order valence-electron chi connectivity index (χ0n) is 13.7. The molecule has 3 aromatic rings. The van der Waals surface area contributed by atoms with Crippen LogP contribution in [-0.4, -0.2) is 5.91 Å². The van der Waals surface area contributed by atoms with Crippen molar-refractivity contribution in [3.05, 3.63) is 81.2 Å². The maximum Gasteiger partial charge on any atom is 0.294 e. The number of benzene rings is 2. The Bertz CT molecular complexity index is 999. The van der Waals surface area contributed by atoms with Crippen molar-refractivity contribution in [3.8, 4) is 5.75 Å². The van der Waals surface area contributed by atoms with Gasteiger partial charge < -0.3 is 10.5 Å². The Hall–Kier alpha value is -2.76. The largest absolute Gasteiger partial charge is 0.449 e. The lowest BCUT2D eigenvalue weighted by Crippen LogP contribution is -2.37. The standard InChI is InChI=1S/C20H15ClN2O2S/c21-16-6-2-1-4-13(16)12-23-17-10-14(22)7-8-18(17)25-19(20(23)24)11-15-5-3-9-26-15/h1-11H,12,22H2/b19-11+. The van der Waals surface area contributed by atoms with Gasteiger partial charge in [0.1, 0.15) is 0 Å². The number of anilines is 2. The zero-order chi connectivity index (χ0) is 18.1. The third-order valence-corrected chi connectivity index (χ3v) is 5.24.